The Morgan fingerprint density at radius 2 is 2.19 bits per heavy atom. The van der Waals surface area contributed by atoms with Gasteiger partial charge in [0.25, 0.3) is 0 Å². The average Bonchev–Trinajstić information content (AvgIpc) is 2.53. The van der Waals surface area contributed by atoms with Crippen LogP contribution in [0.4, 0.5) is 0 Å². The van der Waals surface area contributed by atoms with Crippen molar-refractivity contribution >= 4 is 28.5 Å². The van der Waals surface area contributed by atoms with Crippen LogP contribution in [0, 0.1) is 0 Å². The number of aryl methyl sites for hydroxylation is 1. The number of fused-ring (bicyclic) bond motifs is 1. The zero-order chi connectivity index (χ0) is 11.9. The minimum Gasteiger partial charge on any atom is -0.408 e. The van der Waals surface area contributed by atoms with E-state index in [0.717, 1.165) is 0 Å². The Hall–Kier alpha value is -1.55. The number of carbonyl (C=O) groups excluding carboxylic acids is 1. The molecule has 2 aromatic rings. The normalized spacial score (nSPS) is 12.9. The first-order valence-electron chi connectivity index (χ1n) is 4.78. The Morgan fingerprint density at radius 1 is 1.50 bits per heavy atom. The topological polar surface area (TPSA) is 52.2 Å². The van der Waals surface area contributed by atoms with E-state index in [1.54, 1.807) is 32.2 Å². The van der Waals surface area contributed by atoms with Crippen LogP contribution in [0.3, 0.4) is 0 Å². The van der Waals surface area contributed by atoms with Gasteiger partial charge in [0, 0.05) is 12.6 Å². The number of ketones is 1. The van der Waals surface area contributed by atoms with Gasteiger partial charge in [-0.3, -0.25) is 9.36 Å². The summed E-state index contributed by atoms with van der Waals surface area (Å²) >= 11 is 5.72. The van der Waals surface area contributed by atoms with E-state index in [2.05, 4.69) is 0 Å². The van der Waals surface area contributed by atoms with E-state index in [9.17, 15) is 9.59 Å². The Bertz CT molecular complexity index is 609. The molecule has 84 valence electrons. The zero-order valence-corrected chi connectivity index (χ0v) is 9.62. The standard InChI is InChI=1S/C11H10ClNO3/c1-6(12)10(14)7-3-4-9-8(5-7)13(2)11(15)16-9/h3-6H,1-2H3. The fourth-order valence-electron chi connectivity index (χ4n) is 1.51. The third-order valence-corrected chi connectivity index (χ3v) is 2.64. The number of Topliss-reactive ketones (excluding diaryl/α,β-unsaturated/α-hetero) is 1. The zero-order valence-electron chi connectivity index (χ0n) is 8.86. The molecule has 1 unspecified atom stereocenters. The van der Waals surface area contributed by atoms with E-state index in [1.165, 1.54) is 4.57 Å². The van der Waals surface area contributed by atoms with Crippen LogP contribution in [0.15, 0.2) is 27.4 Å². The summed E-state index contributed by atoms with van der Waals surface area (Å²) < 4.78 is 6.31. The molecule has 1 aromatic heterocycles. The van der Waals surface area contributed by atoms with Crippen LogP contribution >= 0.6 is 11.6 Å². The minimum atomic E-state index is -0.582. The third kappa shape index (κ3) is 1.65. The number of benzene rings is 1. The fraction of sp³-hybridized carbons (Fsp3) is 0.273. The summed E-state index contributed by atoms with van der Waals surface area (Å²) in [6, 6.07) is 4.82. The molecule has 2 rings (SSSR count). The van der Waals surface area contributed by atoms with Gasteiger partial charge in [-0.15, -0.1) is 11.6 Å². The molecule has 0 saturated carbocycles. The number of halogens is 1. The van der Waals surface area contributed by atoms with Gasteiger partial charge in [-0.2, -0.15) is 0 Å². The molecule has 4 nitrogen and oxygen atoms in total. The van der Waals surface area contributed by atoms with Crippen LogP contribution in [0.1, 0.15) is 17.3 Å². The second-order valence-corrected chi connectivity index (χ2v) is 4.24. The lowest BCUT2D eigenvalue weighted by molar-refractivity contribution is 0.0992. The summed E-state index contributed by atoms with van der Waals surface area (Å²) in [5.74, 6) is -0.615. The summed E-state index contributed by atoms with van der Waals surface area (Å²) in [5.41, 5.74) is 1.53. The smallest absolute Gasteiger partial charge is 0.408 e. The summed E-state index contributed by atoms with van der Waals surface area (Å²) in [4.78, 5) is 22.9. The summed E-state index contributed by atoms with van der Waals surface area (Å²) in [6.45, 7) is 1.61. The Kier molecular flexibility index (Phi) is 2.59. The summed E-state index contributed by atoms with van der Waals surface area (Å²) in [5, 5.41) is -0.582. The van der Waals surface area contributed by atoms with Gasteiger partial charge in [0.05, 0.1) is 10.9 Å². The average molecular weight is 240 g/mol. The maximum atomic E-state index is 11.7. The highest BCUT2D eigenvalue weighted by atomic mass is 35.5. The number of alkyl halides is 1. The van der Waals surface area contributed by atoms with Gasteiger partial charge in [0.15, 0.2) is 11.4 Å². The molecule has 5 heteroatoms. The maximum Gasteiger partial charge on any atom is 0.419 e. The second-order valence-electron chi connectivity index (χ2n) is 3.59. The number of hydrogen-bond acceptors (Lipinski definition) is 3. The van der Waals surface area contributed by atoms with Crippen molar-refractivity contribution in [2.75, 3.05) is 0 Å². The number of aromatic nitrogens is 1. The predicted octanol–water partition coefficient (Wildman–Crippen LogP) is 1.94. The van der Waals surface area contributed by atoms with Crippen molar-refractivity contribution in [3.8, 4) is 0 Å². The molecule has 0 saturated heterocycles. The van der Waals surface area contributed by atoms with Crippen LogP contribution in [0.2, 0.25) is 0 Å². The number of hydrogen-bond donors (Lipinski definition) is 0. The molecular formula is C11H10ClNO3. The molecule has 1 atom stereocenters. The molecule has 1 heterocycles. The van der Waals surface area contributed by atoms with E-state index >= 15 is 0 Å². The molecule has 0 fully saturated rings. The number of nitrogens with zero attached hydrogens (tertiary/aromatic N) is 1. The molecule has 0 bridgehead atoms. The van der Waals surface area contributed by atoms with E-state index in [-0.39, 0.29) is 5.78 Å². The van der Waals surface area contributed by atoms with Gasteiger partial charge < -0.3 is 4.42 Å². The largest absolute Gasteiger partial charge is 0.419 e. The molecule has 0 radical (unpaired) electrons. The lowest BCUT2D eigenvalue weighted by Gasteiger charge is -2.02. The van der Waals surface area contributed by atoms with Gasteiger partial charge >= 0.3 is 5.76 Å². The Morgan fingerprint density at radius 3 is 2.81 bits per heavy atom. The van der Waals surface area contributed by atoms with Crippen LogP contribution in [0.5, 0.6) is 0 Å². The molecule has 0 aliphatic carbocycles. The Balaban J connectivity index is 2.64. The van der Waals surface area contributed by atoms with E-state index in [0.29, 0.717) is 16.7 Å². The lowest BCUT2D eigenvalue weighted by atomic mass is 10.1. The quantitative estimate of drug-likeness (QED) is 0.595. The van der Waals surface area contributed by atoms with Crippen molar-refractivity contribution in [2.45, 2.75) is 12.3 Å². The molecule has 0 aliphatic rings. The maximum absolute atomic E-state index is 11.7. The van der Waals surface area contributed by atoms with Crippen molar-refractivity contribution in [3.63, 3.8) is 0 Å². The van der Waals surface area contributed by atoms with Gasteiger partial charge in [-0.1, -0.05) is 0 Å². The minimum absolute atomic E-state index is 0.169. The lowest BCUT2D eigenvalue weighted by Crippen LogP contribution is -2.11. The molecular weight excluding hydrogens is 230 g/mol. The third-order valence-electron chi connectivity index (χ3n) is 2.44. The summed E-state index contributed by atoms with van der Waals surface area (Å²) in [6.07, 6.45) is 0. The first-order valence-corrected chi connectivity index (χ1v) is 5.22. The molecule has 0 amide bonds. The van der Waals surface area contributed by atoms with Crippen LogP contribution in [-0.2, 0) is 7.05 Å². The summed E-state index contributed by atoms with van der Waals surface area (Å²) in [7, 11) is 1.59. The fourth-order valence-corrected chi connectivity index (χ4v) is 1.64. The predicted molar refractivity (Wildman–Crippen MR) is 61.1 cm³/mol. The number of carbonyl (C=O) groups is 1. The van der Waals surface area contributed by atoms with Crippen molar-refractivity contribution < 1.29 is 9.21 Å². The molecule has 16 heavy (non-hydrogen) atoms. The number of oxazole rings is 1. The molecule has 0 N–H and O–H groups in total. The van der Waals surface area contributed by atoms with Crippen LogP contribution < -0.4 is 5.76 Å². The molecule has 1 aromatic carbocycles. The van der Waals surface area contributed by atoms with Gasteiger partial charge in [0.2, 0.25) is 0 Å². The van der Waals surface area contributed by atoms with E-state index in [1.807, 2.05) is 0 Å². The van der Waals surface area contributed by atoms with Crippen molar-refractivity contribution in [1.29, 1.82) is 0 Å². The highest BCUT2D eigenvalue weighted by Crippen LogP contribution is 2.16. The van der Waals surface area contributed by atoms with Gasteiger partial charge in [-0.25, -0.2) is 4.79 Å². The van der Waals surface area contributed by atoms with Crippen molar-refractivity contribution in [2.24, 2.45) is 7.05 Å². The number of rotatable bonds is 2. The first-order chi connectivity index (χ1) is 7.50. The van der Waals surface area contributed by atoms with Crippen molar-refractivity contribution in [3.05, 3.63) is 34.3 Å². The Labute approximate surface area is 96.4 Å². The van der Waals surface area contributed by atoms with Gasteiger partial charge in [-0.05, 0) is 25.1 Å². The second kappa shape index (κ2) is 3.79. The first kappa shape index (κ1) is 11.0. The van der Waals surface area contributed by atoms with Crippen molar-refractivity contribution in [1.82, 2.24) is 4.57 Å². The monoisotopic (exact) mass is 239 g/mol. The van der Waals surface area contributed by atoms with Crippen LogP contribution in [0.25, 0.3) is 11.1 Å². The molecule has 0 aliphatic heterocycles. The highest BCUT2D eigenvalue weighted by Gasteiger charge is 2.14. The van der Waals surface area contributed by atoms with Gasteiger partial charge in [0.1, 0.15) is 0 Å². The molecule has 0 spiro atoms. The SMILES string of the molecule is CC(Cl)C(=O)c1ccc2oc(=O)n(C)c2c1. The van der Waals surface area contributed by atoms with E-state index < -0.39 is 11.1 Å². The van der Waals surface area contributed by atoms with E-state index in [4.69, 9.17) is 16.0 Å². The van der Waals surface area contributed by atoms with Crippen LogP contribution in [-0.4, -0.2) is 15.7 Å². The highest BCUT2D eigenvalue weighted by molar-refractivity contribution is 6.33.